The monoisotopic (exact) mass is 132 g/mol. The molecule has 0 radical (unpaired) electrons. The minimum atomic E-state index is -1.20. The first-order valence-electron chi connectivity index (χ1n) is 3.50. The molecule has 3 atom stereocenters. The minimum absolute atomic E-state index is 0.0613. The van der Waals surface area contributed by atoms with Crippen molar-refractivity contribution in [2.24, 2.45) is 0 Å². The maximum absolute atomic E-state index is 12.6. The third-order valence-electron chi connectivity index (χ3n) is 2.03. The average Bonchev–Trinajstić information content (AvgIpc) is 1.83. The fraction of sp³-hybridized carbons (Fsp3) is 1.00. The molecule has 0 aromatic carbocycles. The van der Waals surface area contributed by atoms with Crippen LogP contribution in [0.2, 0.25) is 5.82 Å². The van der Waals surface area contributed by atoms with Crippen LogP contribution in [-0.2, 0) is 0 Å². The van der Waals surface area contributed by atoms with E-state index in [1.165, 1.54) is 0 Å². The molecule has 1 rings (SSSR count). The van der Waals surface area contributed by atoms with Gasteiger partial charge in [-0.1, -0.05) is 12.8 Å². The summed E-state index contributed by atoms with van der Waals surface area (Å²) in [5.41, 5.74) is 0. The van der Waals surface area contributed by atoms with Gasteiger partial charge in [0, 0.05) is 0 Å². The topological polar surface area (TPSA) is 0 Å². The second kappa shape index (κ2) is 2.67. The number of rotatable bonds is 0. The van der Waals surface area contributed by atoms with Gasteiger partial charge in [-0.3, -0.25) is 0 Å². The van der Waals surface area contributed by atoms with Crippen molar-refractivity contribution in [1.29, 1.82) is 0 Å². The van der Waals surface area contributed by atoms with Crippen LogP contribution in [0.5, 0.6) is 0 Å². The van der Waals surface area contributed by atoms with Gasteiger partial charge in [-0.25, -0.2) is 8.78 Å². The summed E-state index contributed by atoms with van der Waals surface area (Å²) in [5, 5.41) is 0. The summed E-state index contributed by atoms with van der Waals surface area (Å²) in [6.07, 6.45) is -0.261. The Morgan fingerprint density at radius 2 is 1.89 bits per heavy atom. The lowest BCUT2D eigenvalue weighted by Crippen LogP contribution is -2.27. The zero-order valence-corrected chi connectivity index (χ0v) is 5.61. The van der Waals surface area contributed by atoms with Crippen LogP contribution in [0.25, 0.3) is 0 Å². The molecule has 3 unspecified atom stereocenters. The van der Waals surface area contributed by atoms with Crippen LogP contribution < -0.4 is 0 Å². The quantitative estimate of drug-likeness (QED) is 0.435. The van der Waals surface area contributed by atoms with Gasteiger partial charge in [0.05, 0.1) is 0 Å². The molecule has 3 heteroatoms. The highest BCUT2D eigenvalue weighted by Crippen LogP contribution is 2.30. The predicted octanol–water partition coefficient (Wildman–Crippen LogP) is 1.27. The molecule has 0 aliphatic heterocycles. The molecule has 0 heterocycles. The van der Waals surface area contributed by atoms with E-state index in [9.17, 15) is 8.78 Å². The standard InChI is InChI=1S/C6H11BF2/c7-4-2-1-3-5(8)6(4)9/h4-6H,1-3,7H2. The second-order valence-corrected chi connectivity index (χ2v) is 2.87. The molecule has 52 valence electrons. The Morgan fingerprint density at radius 1 is 1.22 bits per heavy atom. The van der Waals surface area contributed by atoms with E-state index >= 15 is 0 Å². The Hall–Kier alpha value is -0.0751. The van der Waals surface area contributed by atoms with E-state index in [2.05, 4.69) is 0 Å². The highest BCUT2D eigenvalue weighted by atomic mass is 19.2. The Labute approximate surface area is 55.0 Å². The van der Waals surface area contributed by atoms with Gasteiger partial charge in [0.25, 0.3) is 0 Å². The fourth-order valence-corrected chi connectivity index (χ4v) is 1.31. The zero-order chi connectivity index (χ0) is 6.85. The van der Waals surface area contributed by atoms with Gasteiger partial charge < -0.3 is 0 Å². The smallest absolute Gasteiger partial charge is 0.131 e. The molecule has 0 aromatic heterocycles. The molecule has 0 aromatic rings. The first-order chi connectivity index (χ1) is 4.22. The molecule has 1 aliphatic rings. The molecule has 1 fully saturated rings. The van der Waals surface area contributed by atoms with Crippen molar-refractivity contribution in [2.75, 3.05) is 0 Å². The lowest BCUT2D eigenvalue weighted by molar-refractivity contribution is 0.120. The van der Waals surface area contributed by atoms with E-state index in [4.69, 9.17) is 0 Å². The predicted molar refractivity (Wildman–Crippen MR) is 35.9 cm³/mol. The van der Waals surface area contributed by atoms with Gasteiger partial charge in [-0.2, -0.15) is 0 Å². The van der Waals surface area contributed by atoms with Crippen LogP contribution in [0.15, 0.2) is 0 Å². The Balaban J connectivity index is 2.41. The van der Waals surface area contributed by atoms with E-state index in [1.807, 2.05) is 0 Å². The van der Waals surface area contributed by atoms with Crippen LogP contribution in [-0.4, -0.2) is 20.2 Å². The third-order valence-corrected chi connectivity index (χ3v) is 2.03. The van der Waals surface area contributed by atoms with Gasteiger partial charge >= 0.3 is 0 Å². The summed E-state index contributed by atoms with van der Waals surface area (Å²) in [6.45, 7) is 0. The molecule has 1 aliphatic carbocycles. The van der Waals surface area contributed by atoms with Crippen molar-refractivity contribution in [3.05, 3.63) is 0 Å². The molecule has 0 saturated heterocycles. The van der Waals surface area contributed by atoms with Crippen molar-refractivity contribution >= 4 is 7.85 Å². The number of alkyl halides is 2. The summed E-state index contributed by atoms with van der Waals surface area (Å²) >= 11 is 0. The molecule has 0 amide bonds. The van der Waals surface area contributed by atoms with Crippen LogP contribution in [0, 0.1) is 0 Å². The van der Waals surface area contributed by atoms with E-state index in [-0.39, 0.29) is 5.82 Å². The van der Waals surface area contributed by atoms with Crippen LogP contribution >= 0.6 is 0 Å². The molecule has 0 nitrogen and oxygen atoms in total. The molecule has 0 N–H and O–H groups in total. The lowest BCUT2D eigenvalue weighted by atomic mass is 9.73. The first kappa shape index (κ1) is 7.04. The summed E-state index contributed by atoms with van der Waals surface area (Å²) in [5.74, 6) is -0.0613. The van der Waals surface area contributed by atoms with Crippen molar-refractivity contribution in [3.8, 4) is 0 Å². The van der Waals surface area contributed by atoms with Gasteiger partial charge in [0.15, 0.2) is 0 Å². The molecular weight excluding hydrogens is 121 g/mol. The minimum Gasteiger partial charge on any atom is -0.245 e. The third kappa shape index (κ3) is 1.43. The second-order valence-electron chi connectivity index (χ2n) is 2.87. The van der Waals surface area contributed by atoms with Crippen LogP contribution in [0.3, 0.4) is 0 Å². The molecule has 9 heavy (non-hydrogen) atoms. The summed E-state index contributed by atoms with van der Waals surface area (Å²) in [4.78, 5) is 0. The maximum atomic E-state index is 12.6. The molecule has 1 saturated carbocycles. The van der Waals surface area contributed by atoms with Gasteiger partial charge in [0.2, 0.25) is 0 Å². The van der Waals surface area contributed by atoms with Gasteiger partial charge in [-0.15, -0.1) is 0 Å². The van der Waals surface area contributed by atoms with Crippen molar-refractivity contribution < 1.29 is 8.78 Å². The lowest BCUT2D eigenvalue weighted by Gasteiger charge is -2.25. The largest absolute Gasteiger partial charge is 0.245 e. The van der Waals surface area contributed by atoms with Crippen molar-refractivity contribution in [2.45, 2.75) is 37.4 Å². The molecule has 0 spiro atoms. The molecule has 0 bridgehead atoms. The first-order valence-corrected chi connectivity index (χ1v) is 3.50. The van der Waals surface area contributed by atoms with Crippen molar-refractivity contribution in [3.63, 3.8) is 0 Å². The van der Waals surface area contributed by atoms with Crippen LogP contribution in [0.4, 0.5) is 8.78 Å². The van der Waals surface area contributed by atoms with E-state index in [0.29, 0.717) is 6.42 Å². The summed E-state index contributed by atoms with van der Waals surface area (Å²) in [6, 6.07) is 0. The number of hydrogen-bond acceptors (Lipinski definition) is 0. The average molecular weight is 132 g/mol. The summed E-state index contributed by atoms with van der Waals surface area (Å²) < 4.78 is 25.0. The normalized spacial score (nSPS) is 44.9. The zero-order valence-electron chi connectivity index (χ0n) is 5.61. The highest BCUT2D eigenvalue weighted by Gasteiger charge is 2.29. The SMILES string of the molecule is BC1CCCC(F)C1F. The maximum Gasteiger partial charge on any atom is 0.131 e. The summed E-state index contributed by atoms with van der Waals surface area (Å²) in [7, 11) is 1.77. The van der Waals surface area contributed by atoms with Gasteiger partial charge in [0.1, 0.15) is 20.2 Å². The Bertz CT molecular complexity index is 87.1. The molecular formula is C6H11BF2. The van der Waals surface area contributed by atoms with Crippen LogP contribution in [0.1, 0.15) is 19.3 Å². The fourth-order valence-electron chi connectivity index (χ4n) is 1.31. The number of hydrogen-bond donors (Lipinski definition) is 0. The van der Waals surface area contributed by atoms with E-state index in [1.54, 1.807) is 7.85 Å². The number of halogens is 2. The highest BCUT2D eigenvalue weighted by molar-refractivity contribution is 6.12. The Morgan fingerprint density at radius 3 is 2.33 bits per heavy atom. The Kier molecular flexibility index (Phi) is 2.09. The van der Waals surface area contributed by atoms with E-state index < -0.39 is 12.3 Å². The van der Waals surface area contributed by atoms with Crippen molar-refractivity contribution in [1.82, 2.24) is 0 Å². The van der Waals surface area contributed by atoms with E-state index in [0.717, 1.165) is 12.8 Å². The van der Waals surface area contributed by atoms with Gasteiger partial charge in [-0.05, 0) is 12.2 Å².